The van der Waals surface area contributed by atoms with Crippen LogP contribution in [0.2, 0.25) is 0 Å². The SMILES string of the molecule is CC[C@@H](OC1CCCCC1)C(=O)N1CCC[C@@H](C(=O)O)C1. The molecule has 21 heavy (non-hydrogen) atoms. The monoisotopic (exact) mass is 297 g/mol. The Hall–Kier alpha value is -1.10. The summed E-state index contributed by atoms with van der Waals surface area (Å²) < 4.78 is 6.01. The third-order valence-corrected chi connectivity index (χ3v) is 4.64. The normalized spacial score (nSPS) is 25.6. The van der Waals surface area contributed by atoms with Crippen LogP contribution < -0.4 is 0 Å². The zero-order chi connectivity index (χ0) is 15.2. The van der Waals surface area contributed by atoms with Crippen LogP contribution in [-0.4, -0.2) is 47.2 Å². The van der Waals surface area contributed by atoms with E-state index < -0.39 is 18.0 Å². The number of hydrogen-bond acceptors (Lipinski definition) is 3. The van der Waals surface area contributed by atoms with Gasteiger partial charge in [-0.2, -0.15) is 0 Å². The van der Waals surface area contributed by atoms with Crippen molar-refractivity contribution in [3.05, 3.63) is 0 Å². The van der Waals surface area contributed by atoms with E-state index in [9.17, 15) is 9.59 Å². The summed E-state index contributed by atoms with van der Waals surface area (Å²) in [5.74, 6) is -1.24. The summed E-state index contributed by atoms with van der Waals surface area (Å²) in [6, 6.07) is 0. The highest BCUT2D eigenvalue weighted by Gasteiger charge is 2.32. The average Bonchev–Trinajstić information content (AvgIpc) is 2.53. The molecule has 5 nitrogen and oxygen atoms in total. The van der Waals surface area contributed by atoms with E-state index in [0.29, 0.717) is 25.9 Å². The maximum Gasteiger partial charge on any atom is 0.308 e. The fourth-order valence-electron chi connectivity index (χ4n) is 3.35. The number of carbonyl (C=O) groups excluding carboxylic acids is 1. The quantitative estimate of drug-likeness (QED) is 0.846. The number of nitrogens with zero attached hydrogens (tertiary/aromatic N) is 1. The standard InChI is InChI=1S/C16H27NO4/c1-2-14(21-13-8-4-3-5-9-13)15(18)17-10-6-7-12(11-17)16(19)20/h12-14H,2-11H2,1H3,(H,19,20)/t12-,14-/m1/s1. The van der Waals surface area contributed by atoms with E-state index >= 15 is 0 Å². The van der Waals surface area contributed by atoms with Crippen molar-refractivity contribution in [1.82, 2.24) is 4.90 Å². The van der Waals surface area contributed by atoms with Crippen LogP contribution in [0.3, 0.4) is 0 Å². The third kappa shape index (κ3) is 4.43. The first-order valence-corrected chi connectivity index (χ1v) is 8.29. The summed E-state index contributed by atoms with van der Waals surface area (Å²) in [6.45, 7) is 2.95. The van der Waals surface area contributed by atoms with Gasteiger partial charge in [-0.05, 0) is 32.1 Å². The van der Waals surface area contributed by atoms with Crippen LogP contribution in [0, 0.1) is 5.92 Å². The molecule has 1 heterocycles. The minimum atomic E-state index is -0.797. The van der Waals surface area contributed by atoms with Gasteiger partial charge in [0.15, 0.2) is 0 Å². The molecule has 2 fully saturated rings. The molecular formula is C16H27NO4. The van der Waals surface area contributed by atoms with Gasteiger partial charge in [0.2, 0.25) is 0 Å². The molecule has 0 aromatic rings. The predicted molar refractivity (Wildman–Crippen MR) is 79.0 cm³/mol. The minimum absolute atomic E-state index is 0.0194. The van der Waals surface area contributed by atoms with Gasteiger partial charge >= 0.3 is 5.97 Å². The van der Waals surface area contributed by atoms with Crippen LogP contribution >= 0.6 is 0 Å². The second kappa shape index (κ2) is 7.78. The van der Waals surface area contributed by atoms with Crippen LogP contribution in [0.5, 0.6) is 0 Å². The molecule has 2 aliphatic rings. The Labute approximate surface area is 126 Å². The van der Waals surface area contributed by atoms with Crippen molar-refractivity contribution in [3.8, 4) is 0 Å². The Morgan fingerprint density at radius 1 is 1.19 bits per heavy atom. The number of ether oxygens (including phenoxy) is 1. The minimum Gasteiger partial charge on any atom is -0.481 e. The smallest absolute Gasteiger partial charge is 0.308 e. The van der Waals surface area contributed by atoms with E-state index in [4.69, 9.17) is 9.84 Å². The van der Waals surface area contributed by atoms with Gasteiger partial charge in [-0.1, -0.05) is 26.2 Å². The topological polar surface area (TPSA) is 66.8 Å². The van der Waals surface area contributed by atoms with E-state index in [1.807, 2.05) is 6.92 Å². The second-order valence-electron chi connectivity index (χ2n) is 6.25. The lowest BCUT2D eigenvalue weighted by molar-refractivity contribution is -0.154. The summed E-state index contributed by atoms with van der Waals surface area (Å²) in [5, 5.41) is 9.13. The van der Waals surface area contributed by atoms with Crippen LogP contribution in [0.25, 0.3) is 0 Å². The number of hydrogen-bond donors (Lipinski definition) is 1. The molecule has 5 heteroatoms. The molecule has 0 spiro atoms. The van der Waals surface area contributed by atoms with Crippen molar-refractivity contribution < 1.29 is 19.4 Å². The van der Waals surface area contributed by atoms with E-state index in [0.717, 1.165) is 19.3 Å². The van der Waals surface area contributed by atoms with Gasteiger partial charge < -0.3 is 14.7 Å². The van der Waals surface area contributed by atoms with Gasteiger partial charge in [-0.25, -0.2) is 0 Å². The van der Waals surface area contributed by atoms with Gasteiger partial charge in [0.25, 0.3) is 5.91 Å². The molecule has 0 bridgehead atoms. The molecule has 1 aliphatic carbocycles. The lowest BCUT2D eigenvalue weighted by Gasteiger charge is -2.34. The van der Waals surface area contributed by atoms with Crippen molar-refractivity contribution in [2.24, 2.45) is 5.92 Å². The Kier molecular flexibility index (Phi) is 6.03. The number of carboxylic acid groups (broad SMARTS) is 1. The highest BCUT2D eigenvalue weighted by atomic mass is 16.5. The summed E-state index contributed by atoms with van der Waals surface area (Å²) in [5.41, 5.74) is 0. The molecule has 2 rings (SSSR count). The molecule has 0 aromatic heterocycles. The van der Waals surface area contributed by atoms with Gasteiger partial charge in [0.1, 0.15) is 6.10 Å². The zero-order valence-corrected chi connectivity index (χ0v) is 12.9. The molecule has 1 saturated carbocycles. The second-order valence-corrected chi connectivity index (χ2v) is 6.25. The number of rotatable bonds is 5. The van der Waals surface area contributed by atoms with Crippen molar-refractivity contribution >= 4 is 11.9 Å². The van der Waals surface area contributed by atoms with Gasteiger partial charge in [0.05, 0.1) is 12.0 Å². The van der Waals surface area contributed by atoms with Gasteiger partial charge in [-0.15, -0.1) is 0 Å². The number of piperidine rings is 1. The number of amides is 1. The van der Waals surface area contributed by atoms with E-state index in [2.05, 4.69) is 0 Å². The fourth-order valence-corrected chi connectivity index (χ4v) is 3.35. The van der Waals surface area contributed by atoms with Crippen molar-refractivity contribution in [2.75, 3.05) is 13.1 Å². The number of carboxylic acids is 1. The molecule has 0 unspecified atom stereocenters. The lowest BCUT2D eigenvalue weighted by Crippen LogP contribution is -2.48. The molecule has 2 atom stereocenters. The highest BCUT2D eigenvalue weighted by Crippen LogP contribution is 2.24. The van der Waals surface area contributed by atoms with Crippen LogP contribution in [0.4, 0.5) is 0 Å². The third-order valence-electron chi connectivity index (χ3n) is 4.64. The Bertz CT molecular complexity index is 365. The zero-order valence-electron chi connectivity index (χ0n) is 12.9. The van der Waals surface area contributed by atoms with Crippen molar-refractivity contribution in [3.63, 3.8) is 0 Å². The molecule has 120 valence electrons. The van der Waals surface area contributed by atoms with E-state index in [1.165, 1.54) is 19.3 Å². The van der Waals surface area contributed by atoms with Crippen LogP contribution in [0.1, 0.15) is 58.3 Å². The first-order chi connectivity index (χ1) is 10.1. The Morgan fingerprint density at radius 3 is 2.52 bits per heavy atom. The summed E-state index contributed by atoms with van der Waals surface area (Å²) in [6.07, 6.45) is 7.60. The molecule has 1 aliphatic heterocycles. The van der Waals surface area contributed by atoms with Crippen molar-refractivity contribution in [1.29, 1.82) is 0 Å². The fraction of sp³-hybridized carbons (Fsp3) is 0.875. The predicted octanol–water partition coefficient (Wildman–Crippen LogP) is 2.44. The number of carbonyl (C=O) groups is 2. The maximum atomic E-state index is 12.6. The van der Waals surface area contributed by atoms with E-state index in [-0.39, 0.29) is 12.0 Å². The number of aliphatic carboxylic acids is 1. The van der Waals surface area contributed by atoms with Crippen LogP contribution in [-0.2, 0) is 14.3 Å². The first-order valence-electron chi connectivity index (χ1n) is 8.29. The molecule has 0 aromatic carbocycles. The largest absolute Gasteiger partial charge is 0.481 e. The molecular weight excluding hydrogens is 270 g/mol. The molecule has 1 N–H and O–H groups in total. The Morgan fingerprint density at radius 2 is 1.90 bits per heavy atom. The van der Waals surface area contributed by atoms with Gasteiger partial charge in [0, 0.05) is 13.1 Å². The first kappa shape index (κ1) is 16.3. The highest BCUT2D eigenvalue weighted by molar-refractivity contribution is 5.82. The maximum absolute atomic E-state index is 12.6. The Balaban J connectivity index is 1.90. The number of likely N-dealkylation sites (tertiary alicyclic amines) is 1. The van der Waals surface area contributed by atoms with E-state index in [1.54, 1.807) is 4.90 Å². The van der Waals surface area contributed by atoms with Crippen molar-refractivity contribution in [2.45, 2.75) is 70.5 Å². The summed E-state index contributed by atoms with van der Waals surface area (Å²) in [4.78, 5) is 25.4. The molecule has 0 radical (unpaired) electrons. The lowest BCUT2D eigenvalue weighted by atomic mass is 9.96. The molecule has 1 saturated heterocycles. The summed E-state index contributed by atoms with van der Waals surface area (Å²) >= 11 is 0. The van der Waals surface area contributed by atoms with Gasteiger partial charge in [-0.3, -0.25) is 9.59 Å². The average molecular weight is 297 g/mol. The summed E-state index contributed by atoms with van der Waals surface area (Å²) in [7, 11) is 0. The molecule has 1 amide bonds. The van der Waals surface area contributed by atoms with Crippen LogP contribution in [0.15, 0.2) is 0 Å².